The number of rotatable bonds is 10. The summed E-state index contributed by atoms with van der Waals surface area (Å²) < 4.78 is 25.1. The van der Waals surface area contributed by atoms with Crippen molar-refractivity contribution in [2.45, 2.75) is 51.0 Å². The molecule has 14 heteroatoms. The number of nitrogens with zero attached hydrogens (tertiary/aromatic N) is 4. The molecule has 2 rings (SSSR count). The van der Waals surface area contributed by atoms with Crippen molar-refractivity contribution < 1.29 is 34.0 Å². The standard InChI is InChI=1S/C16H28N5O8P/c1-9(23)30(26,27)29-16(2,3)5-6-28-14(10(24)7-22)21-8-18-11-12(21)19-15(17)20(4)13(11)25/h8-10,14,22-24H,5-7H2,1-4H3,(H2,17,19)(H,26,27)/t9?,10-,14-/m1/s1. The van der Waals surface area contributed by atoms with Crippen molar-refractivity contribution in [3.8, 4) is 0 Å². The normalized spacial score (nSPS) is 17.6. The van der Waals surface area contributed by atoms with Gasteiger partial charge in [0.1, 0.15) is 6.10 Å². The zero-order valence-electron chi connectivity index (χ0n) is 17.2. The lowest BCUT2D eigenvalue weighted by atomic mass is 10.1. The van der Waals surface area contributed by atoms with Gasteiger partial charge in [-0.25, -0.2) is 4.98 Å². The van der Waals surface area contributed by atoms with E-state index < -0.39 is 43.5 Å². The van der Waals surface area contributed by atoms with Crippen molar-refractivity contribution in [3.63, 3.8) is 0 Å². The van der Waals surface area contributed by atoms with Crippen molar-refractivity contribution in [2.75, 3.05) is 18.9 Å². The Labute approximate surface area is 172 Å². The molecule has 0 bridgehead atoms. The maximum atomic E-state index is 12.3. The lowest BCUT2D eigenvalue weighted by Gasteiger charge is -2.30. The first kappa shape index (κ1) is 24.4. The van der Waals surface area contributed by atoms with Gasteiger partial charge in [-0.1, -0.05) is 0 Å². The summed E-state index contributed by atoms with van der Waals surface area (Å²) in [5, 5.41) is 29.0. The summed E-state index contributed by atoms with van der Waals surface area (Å²) in [5.41, 5.74) is 4.18. The van der Waals surface area contributed by atoms with Crippen LogP contribution in [0.4, 0.5) is 5.95 Å². The molecule has 0 saturated heterocycles. The van der Waals surface area contributed by atoms with Gasteiger partial charge >= 0.3 is 7.60 Å². The molecule has 30 heavy (non-hydrogen) atoms. The van der Waals surface area contributed by atoms with E-state index >= 15 is 0 Å². The van der Waals surface area contributed by atoms with E-state index in [9.17, 15) is 29.6 Å². The number of ether oxygens (including phenoxy) is 1. The summed E-state index contributed by atoms with van der Waals surface area (Å²) in [4.78, 5) is 30.1. The van der Waals surface area contributed by atoms with Crippen LogP contribution < -0.4 is 11.3 Å². The quantitative estimate of drug-likeness (QED) is 0.287. The molecule has 0 aromatic carbocycles. The van der Waals surface area contributed by atoms with Crippen LogP contribution >= 0.6 is 7.60 Å². The molecular weight excluding hydrogens is 421 g/mol. The number of aromatic nitrogens is 4. The molecule has 4 atom stereocenters. The van der Waals surface area contributed by atoms with Crippen molar-refractivity contribution >= 4 is 24.7 Å². The molecule has 0 spiro atoms. The second-order valence-electron chi connectivity index (χ2n) is 7.47. The minimum atomic E-state index is -4.24. The van der Waals surface area contributed by atoms with Crippen LogP contribution in [-0.4, -0.2) is 70.1 Å². The monoisotopic (exact) mass is 449 g/mol. The van der Waals surface area contributed by atoms with E-state index in [1.807, 2.05) is 0 Å². The lowest BCUT2D eigenvalue weighted by Crippen LogP contribution is -2.32. The van der Waals surface area contributed by atoms with Gasteiger partial charge in [0.05, 0.1) is 25.1 Å². The summed E-state index contributed by atoms with van der Waals surface area (Å²) in [6, 6.07) is 0. The topological polar surface area (TPSA) is 195 Å². The van der Waals surface area contributed by atoms with Crippen LogP contribution in [0.5, 0.6) is 0 Å². The van der Waals surface area contributed by atoms with E-state index in [1.165, 1.54) is 31.8 Å². The van der Waals surface area contributed by atoms with Crippen LogP contribution in [0, 0.1) is 0 Å². The van der Waals surface area contributed by atoms with Gasteiger partial charge in [0, 0.05) is 7.05 Å². The van der Waals surface area contributed by atoms with Crippen molar-refractivity contribution in [1.29, 1.82) is 0 Å². The fourth-order valence-corrected chi connectivity index (χ4v) is 3.57. The molecule has 2 aromatic rings. The van der Waals surface area contributed by atoms with E-state index in [0.29, 0.717) is 0 Å². The number of anilines is 1. The molecule has 0 aliphatic rings. The Balaban J connectivity index is 2.24. The Morgan fingerprint density at radius 3 is 2.57 bits per heavy atom. The number of hydrogen-bond donors (Lipinski definition) is 5. The Hall–Kier alpha value is -1.86. The van der Waals surface area contributed by atoms with Crippen LogP contribution in [0.3, 0.4) is 0 Å². The number of nitrogen functional groups attached to an aromatic ring is 1. The third-order valence-corrected chi connectivity index (χ3v) is 6.17. The Bertz CT molecular complexity index is 988. The summed E-state index contributed by atoms with van der Waals surface area (Å²) >= 11 is 0. The molecule has 0 aliphatic heterocycles. The second kappa shape index (κ2) is 9.10. The van der Waals surface area contributed by atoms with Gasteiger partial charge in [-0.3, -0.25) is 18.5 Å². The number of nitrogens with two attached hydrogens (primary N) is 1. The fraction of sp³-hybridized carbons (Fsp3) is 0.688. The van der Waals surface area contributed by atoms with Gasteiger partial charge in [-0.05, 0) is 27.2 Å². The summed E-state index contributed by atoms with van der Waals surface area (Å²) in [5.74, 6) is -1.63. The van der Waals surface area contributed by atoms with Crippen molar-refractivity contribution in [2.24, 2.45) is 7.05 Å². The first-order valence-corrected chi connectivity index (χ1v) is 10.8. The molecule has 0 fully saturated rings. The van der Waals surface area contributed by atoms with Crippen LogP contribution in [0.2, 0.25) is 0 Å². The smallest absolute Gasteiger partial charge is 0.356 e. The molecule has 0 amide bonds. The number of imidazole rings is 1. The van der Waals surface area contributed by atoms with Gasteiger partial charge in [0.25, 0.3) is 5.56 Å². The minimum absolute atomic E-state index is 0.00672. The average molecular weight is 449 g/mol. The highest BCUT2D eigenvalue weighted by Gasteiger charge is 2.35. The molecule has 2 aromatic heterocycles. The predicted octanol–water partition coefficient (Wildman–Crippen LogP) is -0.710. The first-order chi connectivity index (χ1) is 13.8. The molecule has 170 valence electrons. The molecule has 6 N–H and O–H groups in total. The fourth-order valence-electron chi connectivity index (χ4n) is 2.62. The highest BCUT2D eigenvalue weighted by molar-refractivity contribution is 7.53. The first-order valence-electron chi connectivity index (χ1n) is 9.11. The van der Waals surface area contributed by atoms with E-state index in [4.69, 9.17) is 15.0 Å². The second-order valence-corrected chi connectivity index (χ2v) is 9.52. The summed E-state index contributed by atoms with van der Waals surface area (Å²) in [6.45, 7) is 3.50. The SMILES string of the molecule is CC(O)P(=O)(O)OC(C)(C)CCO[C@H]([C@H](O)CO)n1cnc2c(=O)n(C)c(N)nc21. The summed E-state index contributed by atoms with van der Waals surface area (Å²) in [6.07, 6.45) is -1.23. The molecule has 0 saturated carbocycles. The van der Waals surface area contributed by atoms with Gasteiger partial charge in [-0.2, -0.15) is 4.98 Å². The van der Waals surface area contributed by atoms with Crippen molar-refractivity contribution in [1.82, 2.24) is 19.1 Å². The molecule has 13 nitrogen and oxygen atoms in total. The zero-order chi connectivity index (χ0) is 22.9. The van der Waals surface area contributed by atoms with Crippen LogP contribution in [0.25, 0.3) is 11.2 Å². The van der Waals surface area contributed by atoms with Gasteiger partial charge in [0.15, 0.2) is 23.2 Å². The van der Waals surface area contributed by atoms with Gasteiger partial charge < -0.3 is 35.2 Å². The van der Waals surface area contributed by atoms with Crippen molar-refractivity contribution in [3.05, 3.63) is 16.7 Å². The minimum Gasteiger partial charge on any atom is -0.394 e. The third-order valence-electron chi connectivity index (χ3n) is 4.47. The van der Waals surface area contributed by atoms with E-state index in [2.05, 4.69) is 9.97 Å². The number of fused-ring (bicyclic) bond motifs is 1. The maximum absolute atomic E-state index is 12.3. The molecule has 0 radical (unpaired) electrons. The third kappa shape index (κ3) is 5.24. The zero-order valence-corrected chi connectivity index (χ0v) is 18.1. The van der Waals surface area contributed by atoms with Gasteiger partial charge in [-0.15, -0.1) is 0 Å². The van der Waals surface area contributed by atoms with E-state index in [0.717, 1.165) is 11.5 Å². The highest BCUT2D eigenvalue weighted by Crippen LogP contribution is 2.50. The number of aliphatic hydroxyl groups excluding tert-OH is 3. The molecule has 0 aliphatic carbocycles. The number of hydrogen-bond acceptors (Lipinski definition) is 10. The molecular formula is C16H28N5O8P. The average Bonchev–Trinajstić information content (AvgIpc) is 3.05. The Kier molecular flexibility index (Phi) is 7.41. The Morgan fingerprint density at radius 1 is 1.37 bits per heavy atom. The lowest BCUT2D eigenvalue weighted by molar-refractivity contribution is -0.105. The highest BCUT2D eigenvalue weighted by atomic mass is 31.2. The largest absolute Gasteiger partial charge is 0.394 e. The van der Waals surface area contributed by atoms with Crippen LogP contribution in [0.1, 0.15) is 33.4 Å². The van der Waals surface area contributed by atoms with E-state index in [-0.39, 0.29) is 30.1 Å². The maximum Gasteiger partial charge on any atom is 0.356 e. The van der Waals surface area contributed by atoms with Crippen LogP contribution in [-0.2, 0) is 20.9 Å². The summed E-state index contributed by atoms with van der Waals surface area (Å²) in [7, 11) is -2.80. The predicted molar refractivity (Wildman–Crippen MR) is 107 cm³/mol. The molecule has 2 unspecified atom stereocenters. The Morgan fingerprint density at radius 2 is 2.00 bits per heavy atom. The van der Waals surface area contributed by atoms with Gasteiger partial charge in [0.2, 0.25) is 5.95 Å². The number of aliphatic hydroxyl groups is 3. The molecule has 2 heterocycles. The van der Waals surface area contributed by atoms with Crippen LogP contribution in [0.15, 0.2) is 11.1 Å². The van der Waals surface area contributed by atoms with E-state index in [1.54, 1.807) is 0 Å².